The second kappa shape index (κ2) is 7.40. The van der Waals surface area contributed by atoms with Gasteiger partial charge >= 0.3 is 5.69 Å². The number of hydrogen-bond donors (Lipinski definition) is 1. The van der Waals surface area contributed by atoms with E-state index in [1.807, 2.05) is 0 Å². The van der Waals surface area contributed by atoms with Gasteiger partial charge in [0.15, 0.2) is 5.78 Å². The first-order valence-corrected chi connectivity index (χ1v) is 6.89. The third-order valence-corrected chi connectivity index (χ3v) is 3.17. The molecule has 0 aromatic heterocycles. The number of hydrogen-bond acceptors (Lipinski definition) is 4. The first-order chi connectivity index (χ1) is 11.4. The quantitative estimate of drug-likeness (QED) is 0.497. The van der Waals surface area contributed by atoms with Crippen LogP contribution in [-0.2, 0) is 4.79 Å². The summed E-state index contributed by atoms with van der Waals surface area (Å²) < 4.78 is 26.0. The molecular formula is C16H12F2N2O4. The van der Waals surface area contributed by atoms with Crippen LogP contribution in [0.25, 0.3) is 0 Å². The molecule has 8 heteroatoms. The van der Waals surface area contributed by atoms with Crippen molar-refractivity contribution in [1.82, 2.24) is 0 Å². The van der Waals surface area contributed by atoms with Crippen LogP contribution in [0.3, 0.4) is 0 Å². The Morgan fingerprint density at radius 1 is 1.04 bits per heavy atom. The van der Waals surface area contributed by atoms with Gasteiger partial charge in [0.25, 0.3) is 0 Å². The highest BCUT2D eigenvalue weighted by Crippen LogP contribution is 2.21. The normalized spacial score (nSPS) is 10.2. The van der Waals surface area contributed by atoms with E-state index in [4.69, 9.17) is 0 Å². The molecule has 0 saturated heterocycles. The standard InChI is InChI=1S/C16H12F2N2O4/c17-11-3-1-10(2-4-11)15(21)7-8-16(22)19-12-5-6-13(18)14(9-12)20(23)24/h1-6,9H,7-8H2,(H,19,22). The lowest BCUT2D eigenvalue weighted by Crippen LogP contribution is -2.13. The van der Waals surface area contributed by atoms with Gasteiger partial charge in [-0.2, -0.15) is 4.39 Å². The summed E-state index contributed by atoms with van der Waals surface area (Å²) in [5.74, 6) is -2.37. The minimum absolute atomic E-state index is 0.0577. The third kappa shape index (κ3) is 4.42. The number of carbonyl (C=O) groups excluding carboxylic acids is 2. The third-order valence-electron chi connectivity index (χ3n) is 3.17. The Bertz CT molecular complexity index is 791. The fourth-order valence-electron chi connectivity index (χ4n) is 1.96. The average molecular weight is 334 g/mol. The minimum atomic E-state index is -1.01. The van der Waals surface area contributed by atoms with Crippen LogP contribution in [0.15, 0.2) is 42.5 Å². The Labute approximate surface area is 135 Å². The summed E-state index contributed by atoms with van der Waals surface area (Å²) in [6, 6.07) is 7.88. The van der Waals surface area contributed by atoms with Gasteiger partial charge in [0.2, 0.25) is 11.7 Å². The van der Waals surface area contributed by atoms with Crippen LogP contribution in [0, 0.1) is 21.7 Å². The largest absolute Gasteiger partial charge is 0.326 e. The first kappa shape index (κ1) is 17.2. The van der Waals surface area contributed by atoms with Gasteiger partial charge in [0, 0.05) is 30.2 Å². The molecule has 1 N–H and O–H groups in total. The number of nitrogens with zero attached hydrogens (tertiary/aromatic N) is 1. The Hall–Kier alpha value is -3.16. The van der Waals surface area contributed by atoms with Crippen molar-refractivity contribution >= 4 is 23.1 Å². The molecule has 2 aromatic carbocycles. The van der Waals surface area contributed by atoms with Gasteiger partial charge in [-0.05, 0) is 36.4 Å². The van der Waals surface area contributed by atoms with E-state index in [0.29, 0.717) is 0 Å². The molecule has 0 aliphatic heterocycles. The molecule has 24 heavy (non-hydrogen) atoms. The van der Waals surface area contributed by atoms with Crippen molar-refractivity contribution in [3.8, 4) is 0 Å². The maximum Gasteiger partial charge on any atom is 0.306 e. The Balaban J connectivity index is 1.94. The zero-order valence-electron chi connectivity index (χ0n) is 12.3. The van der Waals surface area contributed by atoms with Crippen molar-refractivity contribution < 1.29 is 23.3 Å². The highest BCUT2D eigenvalue weighted by atomic mass is 19.1. The van der Waals surface area contributed by atoms with E-state index in [9.17, 15) is 28.5 Å². The number of amides is 1. The zero-order valence-corrected chi connectivity index (χ0v) is 12.3. The van der Waals surface area contributed by atoms with E-state index in [-0.39, 0.29) is 29.9 Å². The van der Waals surface area contributed by atoms with Gasteiger partial charge in [0.05, 0.1) is 4.92 Å². The number of nitro groups is 1. The van der Waals surface area contributed by atoms with Gasteiger partial charge in [-0.3, -0.25) is 19.7 Å². The van der Waals surface area contributed by atoms with Crippen molar-refractivity contribution in [3.63, 3.8) is 0 Å². The van der Waals surface area contributed by atoms with Crippen molar-refractivity contribution in [2.24, 2.45) is 0 Å². The molecule has 0 aliphatic carbocycles. The molecule has 2 aromatic rings. The molecule has 6 nitrogen and oxygen atoms in total. The second-order valence-electron chi connectivity index (χ2n) is 4.90. The van der Waals surface area contributed by atoms with E-state index in [1.165, 1.54) is 18.2 Å². The minimum Gasteiger partial charge on any atom is -0.326 e. The number of Topliss-reactive ketones (excluding diaryl/α,β-unsaturated/α-hetero) is 1. The number of nitrogens with one attached hydrogen (secondary N) is 1. The highest BCUT2D eigenvalue weighted by molar-refractivity contribution is 6.00. The second-order valence-corrected chi connectivity index (χ2v) is 4.90. The van der Waals surface area contributed by atoms with Crippen LogP contribution in [0.2, 0.25) is 0 Å². The predicted octanol–water partition coefficient (Wildman–Crippen LogP) is 3.47. The molecule has 1 amide bonds. The van der Waals surface area contributed by atoms with Gasteiger partial charge in [-0.15, -0.1) is 0 Å². The maximum atomic E-state index is 13.2. The highest BCUT2D eigenvalue weighted by Gasteiger charge is 2.16. The number of benzene rings is 2. The lowest BCUT2D eigenvalue weighted by Gasteiger charge is -2.05. The van der Waals surface area contributed by atoms with E-state index in [1.54, 1.807) is 0 Å². The molecule has 124 valence electrons. The summed E-state index contributed by atoms with van der Waals surface area (Å²) >= 11 is 0. The van der Waals surface area contributed by atoms with E-state index in [2.05, 4.69) is 5.32 Å². The molecule has 0 saturated carbocycles. The molecule has 0 unspecified atom stereocenters. The fourth-order valence-corrected chi connectivity index (χ4v) is 1.96. The monoisotopic (exact) mass is 334 g/mol. The molecule has 0 bridgehead atoms. The number of anilines is 1. The summed E-state index contributed by atoms with van der Waals surface area (Å²) in [6.07, 6.45) is -0.276. The summed E-state index contributed by atoms with van der Waals surface area (Å²) in [4.78, 5) is 33.4. The maximum absolute atomic E-state index is 13.2. The SMILES string of the molecule is O=C(CCC(=O)c1ccc(F)cc1)Nc1ccc(F)c([N+](=O)[O-])c1. The van der Waals surface area contributed by atoms with Crippen LogP contribution >= 0.6 is 0 Å². The molecule has 0 fully saturated rings. The summed E-state index contributed by atoms with van der Waals surface area (Å²) in [5.41, 5.74) is -0.417. The smallest absolute Gasteiger partial charge is 0.306 e. The molecule has 0 aliphatic rings. The van der Waals surface area contributed by atoms with E-state index < -0.39 is 28.2 Å². The van der Waals surface area contributed by atoms with Gasteiger partial charge in [-0.1, -0.05) is 0 Å². The lowest BCUT2D eigenvalue weighted by atomic mass is 10.1. The van der Waals surface area contributed by atoms with Crippen molar-refractivity contribution in [2.45, 2.75) is 12.8 Å². The molecule has 2 rings (SSSR count). The summed E-state index contributed by atoms with van der Waals surface area (Å²) in [7, 11) is 0. The predicted molar refractivity (Wildman–Crippen MR) is 81.6 cm³/mol. The van der Waals surface area contributed by atoms with E-state index in [0.717, 1.165) is 24.3 Å². The summed E-state index contributed by atoms with van der Waals surface area (Å²) in [6.45, 7) is 0. The van der Waals surface area contributed by atoms with Crippen LogP contribution in [0.1, 0.15) is 23.2 Å². The van der Waals surface area contributed by atoms with Crippen LogP contribution in [-0.4, -0.2) is 16.6 Å². The molecule has 0 atom stereocenters. The van der Waals surface area contributed by atoms with Crippen molar-refractivity contribution in [1.29, 1.82) is 0 Å². The molecule has 0 heterocycles. The fraction of sp³-hybridized carbons (Fsp3) is 0.125. The van der Waals surface area contributed by atoms with Crippen LogP contribution in [0.4, 0.5) is 20.2 Å². The topological polar surface area (TPSA) is 89.3 Å². The number of nitro benzene ring substituents is 1. The van der Waals surface area contributed by atoms with Crippen molar-refractivity contribution in [3.05, 3.63) is 69.8 Å². The van der Waals surface area contributed by atoms with Gasteiger partial charge in [0.1, 0.15) is 5.82 Å². The van der Waals surface area contributed by atoms with Crippen molar-refractivity contribution in [2.75, 3.05) is 5.32 Å². The molecule has 0 spiro atoms. The number of carbonyl (C=O) groups is 2. The Morgan fingerprint density at radius 2 is 1.71 bits per heavy atom. The number of halogens is 2. The van der Waals surface area contributed by atoms with Crippen LogP contribution < -0.4 is 5.32 Å². The first-order valence-electron chi connectivity index (χ1n) is 6.89. The Kier molecular flexibility index (Phi) is 5.31. The van der Waals surface area contributed by atoms with Crippen LogP contribution in [0.5, 0.6) is 0 Å². The average Bonchev–Trinajstić information content (AvgIpc) is 2.55. The Morgan fingerprint density at radius 3 is 2.33 bits per heavy atom. The molecule has 0 radical (unpaired) electrons. The summed E-state index contributed by atoms with van der Waals surface area (Å²) in [5, 5.41) is 13.0. The lowest BCUT2D eigenvalue weighted by molar-refractivity contribution is -0.387. The molecular weight excluding hydrogens is 322 g/mol. The number of ketones is 1. The van der Waals surface area contributed by atoms with E-state index >= 15 is 0 Å². The number of rotatable bonds is 6. The van der Waals surface area contributed by atoms with Gasteiger partial charge in [-0.25, -0.2) is 4.39 Å². The van der Waals surface area contributed by atoms with Gasteiger partial charge < -0.3 is 5.32 Å². The zero-order chi connectivity index (χ0) is 17.7.